The predicted molar refractivity (Wildman–Crippen MR) is 101 cm³/mol. The summed E-state index contributed by atoms with van der Waals surface area (Å²) in [7, 11) is 1.81. The number of hydrogen-bond acceptors (Lipinski definition) is 2. The number of ether oxygens (including phenoxy) is 1. The number of hydrogen-bond donors (Lipinski definition) is 0. The monoisotopic (exact) mass is 415 g/mol. The van der Waals surface area contributed by atoms with Crippen LogP contribution in [0.1, 0.15) is 11.1 Å². The number of halogens is 1. The molecular weight excluding hydrogens is 401 g/mol. The van der Waals surface area contributed by atoms with E-state index in [0.717, 1.165) is 25.6 Å². The van der Waals surface area contributed by atoms with Crippen LogP contribution in [0.5, 0.6) is 5.75 Å². The zero-order valence-electron chi connectivity index (χ0n) is 12.5. The Kier molecular flexibility index (Phi) is 3.49. The lowest BCUT2D eigenvalue weighted by Gasteiger charge is -2.24. The molecule has 1 aromatic heterocycles. The lowest BCUT2D eigenvalue weighted by Crippen LogP contribution is -2.25. The molecule has 0 bridgehead atoms. The van der Waals surface area contributed by atoms with E-state index in [0.29, 0.717) is 17.9 Å². The minimum absolute atomic E-state index is 0.0218. The number of benzene rings is 2. The fourth-order valence-electron chi connectivity index (χ4n) is 3.09. The molecule has 1 aliphatic heterocycles. The Morgan fingerprint density at radius 3 is 2.52 bits per heavy atom. The van der Waals surface area contributed by atoms with Crippen LogP contribution < -0.4 is 10.3 Å². The van der Waals surface area contributed by atoms with Crippen LogP contribution in [-0.2, 0) is 7.05 Å². The fraction of sp³-hybridized carbons (Fsp3) is 0.105. The minimum atomic E-state index is -0.0218. The molecule has 1 aliphatic rings. The van der Waals surface area contributed by atoms with E-state index in [2.05, 4.69) is 22.6 Å². The van der Waals surface area contributed by atoms with E-state index in [9.17, 15) is 4.79 Å². The van der Waals surface area contributed by atoms with Gasteiger partial charge in [0.25, 0.3) is 5.56 Å². The summed E-state index contributed by atoms with van der Waals surface area (Å²) in [4.78, 5) is 13.0. The summed E-state index contributed by atoms with van der Waals surface area (Å²) in [5.74, 6) is 0.697. The van der Waals surface area contributed by atoms with Crippen molar-refractivity contribution in [3.8, 4) is 5.75 Å². The summed E-state index contributed by atoms with van der Waals surface area (Å²) in [5, 5.41) is 0.974. The first-order chi connectivity index (χ1) is 11.2. The molecule has 0 fully saturated rings. The van der Waals surface area contributed by atoms with Crippen LogP contribution >= 0.6 is 22.6 Å². The second-order valence-corrected chi connectivity index (χ2v) is 6.82. The Labute approximate surface area is 147 Å². The van der Waals surface area contributed by atoms with Gasteiger partial charge in [-0.1, -0.05) is 42.5 Å². The first kappa shape index (κ1) is 14.5. The molecule has 4 rings (SSSR count). The van der Waals surface area contributed by atoms with E-state index in [-0.39, 0.29) is 5.56 Å². The maximum atomic E-state index is 13.0. The summed E-state index contributed by atoms with van der Waals surface area (Å²) < 4.78 is 8.71. The summed E-state index contributed by atoms with van der Waals surface area (Å²) in [6.45, 7) is 0.495. The smallest absolute Gasteiger partial charge is 0.262 e. The van der Waals surface area contributed by atoms with Crippen molar-refractivity contribution in [2.75, 3.05) is 6.61 Å². The zero-order valence-corrected chi connectivity index (χ0v) is 14.7. The van der Waals surface area contributed by atoms with Gasteiger partial charge in [-0.25, -0.2) is 0 Å². The standard InChI is InChI=1S/C19H14INO2/c1-21-15-10-6-5-9-13(15)18-17(19(21)22)16(14(20)11-23-18)12-7-3-2-4-8-12/h2-10H,11H2,1H3. The van der Waals surface area contributed by atoms with Crippen LogP contribution in [0.15, 0.2) is 63.0 Å². The number of pyridine rings is 1. The van der Waals surface area contributed by atoms with Gasteiger partial charge in [0.1, 0.15) is 12.4 Å². The largest absolute Gasteiger partial charge is 0.487 e. The second-order valence-electron chi connectivity index (χ2n) is 5.52. The SMILES string of the molecule is Cn1c(=O)c2c(c3ccccc31)OCC(I)=C2c1ccccc1. The lowest BCUT2D eigenvalue weighted by molar-refractivity contribution is 0.359. The molecule has 3 nitrogen and oxygen atoms in total. The van der Waals surface area contributed by atoms with E-state index < -0.39 is 0 Å². The second kappa shape index (κ2) is 5.53. The molecule has 0 spiro atoms. The molecule has 2 heterocycles. The van der Waals surface area contributed by atoms with Gasteiger partial charge in [0.05, 0.1) is 11.1 Å². The van der Waals surface area contributed by atoms with Gasteiger partial charge in [-0.15, -0.1) is 0 Å². The maximum Gasteiger partial charge on any atom is 0.262 e. The van der Waals surface area contributed by atoms with Crippen LogP contribution in [0.4, 0.5) is 0 Å². The van der Waals surface area contributed by atoms with Crippen LogP contribution in [-0.4, -0.2) is 11.2 Å². The summed E-state index contributed by atoms with van der Waals surface area (Å²) in [5.41, 5.74) is 3.56. The molecule has 0 saturated heterocycles. The minimum Gasteiger partial charge on any atom is -0.487 e. The Morgan fingerprint density at radius 2 is 1.74 bits per heavy atom. The molecule has 0 aliphatic carbocycles. The van der Waals surface area contributed by atoms with Crippen LogP contribution in [0.2, 0.25) is 0 Å². The Hall–Kier alpha value is -2.08. The van der Waals surface area contributed by atoms with Gasteiger partial charge in [0, 0.05) is 21.6 Å². The van der Waals surface area contributed by atoms with Gasteiger partial charge in [-0.2, -0.15) is 0 Å². The molecule has 4 heteroatoms. The third-order valence-corrected chi connectivity index (χ3v) is 5.03. The molecule has 2 aromatic carbocycles. The van der Waals surface area contributed by atoms with E-state index in [1.807, 2.05) is 61.6 Å². The molecule has 114 valence electrons. The predicted octanol–water partition coefficient (Wildman–Crippen LogP) is 4.13. The average molecular weight is 415 g/mol. The summed E-state index contributed by atoms with van der Waals surface area (Å²) in [6, 6.07) is 17.9. The van der Waals surface area contributed by atoms with E-state index >= 15 is 0 Å². The van der Waals surface area contributed by atoms with Crippen LogP contribution in [0.25, 0.3) is 16.5 Å². The van der Waals surface area contributed by atoms with Crippen molar-refractivity contribution in [2.24, 2.45) is 7.05 Å². The third-order valence-electron chi connectivity index (χ3n) is 4.18. The zero-order chi connectivity index (χ0) is 16.0. The maximum absolute atomic E-state index is 13.0. The number of aromatic nitrogens is 1. The van der Waals surface area contributed by atoms with Gasteiger partial charge >= 0.3 is 0 Å². The number of nitrogens with zero attached hydrogens (tertiary/aromatic N) is 1. The number of rotatable bonds is 1. The first-order valence-corrected chi connectivity index (χ1v) is 8.45. The highest BCUT2D eigenvalue weighted by molar-refractivity contribution is 14.1. The third kappa shape index (κ3) is 2.20. The molecule has 0 saturated carbocycles. The number of aryl methyl sites for hydroxylation is 1. The van der Waals surface area contributed by atoms with Crippen molar-refractivity contribution < 1.29 is 4.74 Å². The van der Waals surface area contributed by atoms with Gasteiger partial charge in [0.15, 0.2) is 0 Å². The van der Waals surface area contributed by atoms with E-state index in [1.165, 1.54) is 0 Å². The highest BCUT2D eigenvalue weighted by atomic mass is 127. The molecule has 23 heavy (non-hydrogen) atoms. The van der Waals surface area contributed by atoms with Gasteiger partial charge in [-0.05, 0) is 40.3 Å². The molecule has 0 amide bonds. The fourth-order valence-corrected chi connectivity index (χ4v) is 3.82. The van der Waals surface area contributed by atoms with Gasteiger partial charge < -0.3 is 9.30 Å². The quantitative estimate of drug-likeness (QED) is 0.560. The van der Waals surface area contributed by atoms with Crippen molar-refractivity contribution in [3.63, 3.8) is 0 Å². The number of fused-ring (bicyclic) bond motifs is 3. The highest BCUT2D eigenvalue weighted by Gasteiger charge is 2.26. The van der Waals surface area contributed by atoms with Crippen molar-refractivity contribution in [1.82, 2.24) is 4.57 Å². The van der Waals surface area contributed by atoms with Crippen molar-refractivity contribution in [3.05, 3.63) is 79.7 Å². The molecule has 0 unspecified atom stereocenters. The topological polar surface area (TPSA) is 31.2 Å². The number of para-hydroxylation sites is 1. The van der Waals surface area contributed by atoms with Crippen molar-refractivity contribution in [2.45, 2.75) is 0 Å². The molecular formula is C19H14INO2. The van der Waals surface area contributed by atoms with Gasteiger partial charge in [0.2, 0.25) is 0 Å². The Balaban J connectivity index is 2.14. The Bertz CT molecular complexity index is 1000. The van der Waals surface area contributed by atoms with Crippen molar-refractivity contribution in [1.29, 1.82) is 0 Å². The summed E-state index contributed by atoms with van der Waals surface area (Å²) >= 11 is 2.28. The van der Waals surface area contributed by atoms with E-state index in [4.69, 9.17) is 4.74 Å². The average Bonchev–Trinajstić information content (AvgIpc) is 2.60. The molecule has 0 radical (unpaired) electrons. The normalized spacial score (nSPS) is 13.8. The molecule has 3 aromatic rings. The molecule has 0 atom stereocenters. The lowest BCUT2D eigenvalue weighted by atomic mass is 9.95. The van der Waals surface area contributed by atoms with E-state index in [1.54, 1.807) is 4.57 Å². The van der Waals surface area contributed by atoms with Gasteiger partial charge in [-0.3, -0.25) is 4.79 Å². The van der Waals surface area contributed by atoms with Crippen molar-refractivity contribution >= 4 is 39.1 Å². The Morgan fingerprint density at radius 1 is 1.04 bits per heavy atom. The highest BCUT2D eigenvalue weighted by Crippen LogP contribution is 2.40. The van der Waals surface area contributed by atoms with Crippen LogP contribution in [0.3, 0.4) is 0 Å². The summed E-state index contributed by atoms with van der Waals surface area (Å²) in [6.07, 6.45) is 0. The first-order valence-electron chi connectivity index (χ1n) is 7.37. The van der Waals surface area contributed by atoms with Crippen LogP contribution in [0, 0.1) is 0 Å². The molecule has 0 N–H and O–H groups in total.